The van der Waals surface area contributed by atoms with Crippen LogP contribution in [0.1, 0.15) is 25.7 Å². The highest BCUT2D eigenvalue weighted by atomic mass is 32.2. The van der Waals surface area contributed by atoms with Crippen LogP contribution < -0.4 is 0 Å². The van der Waals surface area contributed by atoms with Crippen molar-refractivity contribution in [2.75, 3.05) is 0 Å². The van der Waals surface area contributed by atoms with Gasteiger partial charge in [0.1, 0.15) is 0 Å². The summed E-state index contributed by atoms with van der Waals surface area (Å²) in [7, 11) is 0. The van der Waals surface area contributed by atoms with E-state index in [1.54, 1.807) is 0 Å². The minimum Gasteiger partial charge on any atom is -0.306 e. The van der Waals surface area contributed by atoms with Gasteiger partial charge in [0.2, 0.25) is 0 Å². The van der Waals surface area contributed by atoms with Crippen molar-refractivity contribution in [3.05, 3.63) is 0 Å². The van der Waals surface area contributed by atoms with E-state index in [4.69, 9.17) is 4.55 Å². The van der Waals surface area contributed by atoms with Gasteiger partial charge in [-0.05, 0) is 31.1 Å². The first kappa shape index (κ1) is 6.80. The number of hydrogen-bond donors (Lipinski definition) is 1. The number of fused-ring (bicyclic) bond motifs is 2. The van der Waals surface area contributed by atoms with Crippen molar-refractivity contribution in [3.63, 3.8) is 0 Å². The van der Waals surface area contributed by atoms with Gasteiger partial charge in [0, 0.05) is 0 Å². The van der Waals surface area contributed by atoms with E-state index >= 15 is 0 Å². The van der Waals surface area contributed by atoms with E-state index in [0.717, 1.165) is 12.3 Å². The van der Waals surface area contributed by atoms with E-state index < -0.39 is 11.1 Å². The molecule has 2 nitrogen and oxygen atoms in total. The van der Waals surface area contributed by atoms with Gasteiger partial charge in [-0.25, -0.2) is 4.21 Å². The molecule has 4 atom stereocenters. The molecular formula is C7H12O2S. The maximum atomic E-state index is 10.7. The summed E-state index contributed by atoms with van der Waals surface area (Å²) in [4.78, 5) is 0. The fourth-order valence-corrected chi connectivity index (χ4v) is 3.45. The van der Waals surface area contributed by atoms with Gasteiger partial charge in [0.15, 0.2) is 11.1 Å². The molecule has 3 heteroatoms. The van der Waals surface area contributed by atoms with Crippen LogP contribution in [-0.4, -0.2) is 14.0 Å². The minimum atomic E-state index is -1.54. The molecule has 0 aromatic rings. The quantitative estimate of drug-likeness (QED) is 0.589. The highest BCUT2D eigenvalue weighted by Crippen LogP contribution is 2.46. The van der Waals surface area contributed by atoms with Crippen molar-refractivity contribution < 1.29 is 8.76 Å². The van der Waals surface area contributed by atoms with Gasteiger partial charge >= 0.3 is 0 Å². The fraction of sp³-hybridized carbons (Fsp3) is 1.00. The van der Waals surface area contributed by atoms with Crippen molar-refractivity contribution in [2.45, 2.75) is 30.9 Å². The van der Waals surface area contributed by atoms with Crippen molar-refractivity contribution >= 4 is 11.1 Å². The third kappa shape index (κ3) is 0.920. The average Bonchev–Trinajstić information content (AvgIpc) is 2.44. The Morgan fingerprint density at radius 3 is 2.40 bits per heavy atom. The summed E-state index contributed by atoms with van der Waals surface area (Å²) >= 11 is -1.54. The molecule has 2 aliphatic carbocycles. The Morgan fingerprint density at radius 1 is 1.30 bits per heavy atom. The standard InChI is InChI=1S/C7H12O2S/c8-10(9)7-4-5-1-2-6(7)3-5/h5-7H,1-4H2,(H,8,9). The van der Waals surface area contributed by atoms with Crippen LogP contribution in [0.2, 0.25) is 0 Å². The molecule has 2 fully saturated rings. The van der Waals surface area contributed by atoms with Gasteiger partial charge in [-0.1, -0.05) is 6.42 Å². The summed E-state index contributed by atoms with van der Waals surface area (Å²) in [5.74, 6) is 1.36. The van der Waals surface area contributed by atoms with E-state index in [9.17, 15) is 4.21 Å². The molecule has 2 rings (SSSR count). The van der Waals surface area contributed by atoms with Crippen LogP contribution in [-0.2, 0) is 11.1 Å². The zero-order valence-corrected chi connectivity index (χ0v) is 6.64. The van der Waals surface area contributed by atoms with Gasteiger partial charge in [0.05, 0.1) is 5.25 Å². The Labute approximate surface area is 63.3 Å². The summed E-state index contributed by atoms with van der Waals surface area (Å²) in [6, 6.07) is 0. The van der Waals surface area contributed by atoms with Crippen molar-refractivity contribution in [3.8, 4) is 0 Å². The third-order valence-electron chi connectivity index (χ3n) is 2.93. The Bertz CT molecular complexity index is 169. The normalized spacial score (nSPS) is 47.9. The molecule has 1 N–H and O–H groups in total. The largest absolute Gasteiger partial charge is 0.306 e. The zero-order chi connectivity index (χ0) is 7.14. The molecule has 0 heterocycles. The van der Waals surface area contributed by atoms with E-state index in [1.165, 1.54) is 19.3 Å². The summed E-state index contributed by atoms with van der Waals surface area (Å²) in [5, 5.41) is 0.124. The lowest BCUT2D eigenvalue weighted by molar-refractivity contribution is 0.454. The topological polar surface area (TPSA) is 37.3 Å². The van der Waals surface area contributed by atoms with Crippen LogP contribution >= 0.6 is 0 Å². The molecule has 4 unspecified atom stereocenters. The minimum absolute atomic E-state index is 0.124. The molecule has 10 heavy (non-hydrogen) atoms. The van der Waals surface area contributed by atoms with Crippen molar-refractivity contribution in [1.29, 1.82) is 0 Å². The molecule has 0 radical (unpaired) electrons. The predicted octanol–water partition coefficient (Wildman–Crippen LogP) is 1.40. The second-order valence-corrected chi connectivity index (χ2v) is 4.65. The average molecular weight is 160 g/mol. The summed E-state index contributed by atoms with van der Waals surface area (Å²) in [6.07, 6.45) is 4.73. The Balaban J connectivity index is 2.08. The monoisotopic (exact) mass is 160 g/mol. The molecule has 0 aromatic heterocycles. The molecule has 2 aliphatic rings. The molecular weight excluding hydrogens is 148 g/mol. The first-order chi connectivity index (χ1) is 4.77. The molecule has 0 amide bonds. The lowest BCUT2D eigenvalue weighted by Gasteiger charge is -2.16. The molecule has 0 saturated heterocycles. The van der Waals surface area contributed by atoms with Crippen LogP contribution in [0.4, 0.5) is 0 Å². The summed E-state index contributed by atoms with van der Waals surface area (Å²) < 4.78 is 19.5. The third-order valence-corrected chi connectivity index (χ3v) is 4.03. The summed E-state index contributed by atoms with van der Waals surface area (Å²) in [5.41, 5.74) is 0. The fourth-order valence-electron chi connectivity index (χ4n) is 2.43. The predicted molar refractivity (Wildman–Crippen MR) is 40.0 cm³/mol. The van der Waals surface area contributed by atoms with Crippen LogP contribution in [0.15, 0.2) is 0 Å². The second kappa shape index (κ2) is 2.31. The SMILES string of the molecule is O=S(O)C1CC2CCC1C2. The van der Waals surface area contributed by atoms with Crippen LogP contribution in [0.25, 0.3) is 0 Å². The van der Waals surface area contributed by atoms with E-state index in [2.05, 4.69) is 0 Å². The first-order valence-corrected chi connectivity index (χ1v) is 5.04. The van der Waals surface area contributed by atoms with E-state index in [0.29, 0.717) is 5.92 Å². The van der Waals surface area contributed by atoms with Gasteiger partial charge in [-0.15, -0.1) is 0 Å². The molecule has 2 bridgehead atoms. The highest BCUT2D eigenvalue weighted by Gasteiger charge is 2.42. The molecule has 2 saturated carbocycles. The maximum Gasteiger partial charge on any atom is 0.156 e. The van der Waals surface area contributed by atoms with Gasteiger partial charge in [0.25, 0.3) is 0 Å². The zero-order valence-electron chi connectivity index (χ0n) is 5.82. The van der Waals surface area contributed by atoms with Crippen LogP contribution in [0, 0.1) is 11.8 Å². The smallest absolute Gasteiger partial charge is 0.156 e. The number of hydrogen-bond acceptors (Lipinski definition) is 1. The second-order valence-electron chi connectivity index (χ2n) is 3.49. The van der Waals surface area contributed by atoms with Gasteiger partial charge < -0.3 is 4.55 Å². The van der Waals surface area contributed by atoms with Gasteiger partial charge in [-0.2, -0.15) is 0 Å². The molecule has 0 spiro atoms. The maximum absolute atomic E-state index is 10.7. The molecule has 0 aromatic carbocycles. The van der Waals surface area contributed by atoms with Crippen molar-refractivity contribution in [1.82, 2.24) is 0 Å². The number of rotatable bonds is 1. The van der Waals surface area contributed by atoms with E-state index in [-0.39, 0.29) is 5.25 Å². The first-order valence-electron chi connectivity index (χ1n) is 3.87. The lowest BCUT2D eigenvalue weighted by Crippen LogP contribution is -2.21. The summed E-state index contributed by atoms with van der Waals surface area (Å²) in [6.45, 7) is 0. The Morgan fingerprint density at radius 2 is 2.10 bits per heavy atom. The lowest BCUT2D eigenvalue weighted by atomic mass is 10.0. The van der Waals surface area contributed by atoms with Crippen LogP contribution in [0.5, 0.6) is 0 Å². The molecule has 58 valence electrons. The highest BCUT2D eigenvalue weighted by molar-refractivity contribution is 7.79. The Kier molecular flexibility index (Phi) is 1.57. The van der Waals surface area contributed by atoms with Crippen LogP contribution in [0.3, 0.4) is 0 Å². The Hall–Kier alpha value is 0.110. The van der Waals surface area contributed by atoms with E-state index in [1.807, 2.05) is 0 Å². The van der Waals surface area contributed by atoms with Gasteiger partial charge in [-0.3, -0.25) is 0 Å². The molecule has 0 aliphatic heterocycles. The van der Waals surface area contributed by atoms with Crippen molar-refractivity contribution in [2.24, 2.45) is 11.8 Å².